The third-order valence-electron chi connectivity index (χ3n) is 5.97. The SMILES string of the molecule is CC(C)COCC(O)CN(Cc1c(-c2ccccc2)nn(C)c1Oc1cccc(F)c1)CC1CC1. The molecule has 4 rings (SSSR count). The number of aryl methyl sites for hydroxylation is 1. The highest BCUT2D eigenvalue weighted by atomic mass is 19.1. The van der Waals surface area contributed by atoms with Gasteiger partial charge in [-0.05, 0) is 36.8 Å². The standard InChI is InChI=1S/C28H36FN3O3/c1-20(2)18-34-19-24(33)16-32(15-21-12-13-21)17-26-27(22-8-5-4-6-9-22)30-31(3)28(26)35-25-11-7-10-23(29)14-25/h4-11,14,20-21,24,33H,12-13,15-19H2,1-3H3. The molecule has 3 aromatic rings. The molecule has 1 unspecified atom stereocenters. The Morgan fingerprint density at radius 2 is 1.89 bits per heavy atom. The Morgan fingerprint density at radius 1 is 1.11 bits per heavy atom. The zero-order valence-electron chi connectivity index (χ0n) is 20.9. The molecule has 1 fully saturated rings. The molecule has 6 nitrogen and oxygen atoms in total. The predicted octanol–water partition coefficient (Wildman–Crippen LogP) is 5.26. The number of nitrogens with zero attached hydrogens (tertiary/aromatic N) is 3. The first-order chi connectivity index (χ1) is 16.9. The molecule has 1 aliphatic carbocycles. The summed E-state index contributed by atoms with van der Waals surface area (Å²) in [6, 6.07) is 16.1. The maximum atomic E-state index is 13.8. The van der Waals surface area contributed by atoms with Crippen molar-refractivity contribution in [3.8, 4) is 22.9 Å². The van der Waals surface area contributed by atoms with E-state index in [1.165, 1.54) is 25.0 Å². The topological polar surface area (TPSA) is 59.8 Å². The molecule has 1 atom stereocenters. The molecule has 7 heteroatoms. The van der Waals surface area contributed by atoms with E-state index in [1.54, 1.807) is 16.8 Å². The quantitative estimate of drug-likeness (QED) is 0.361. The first kappa shape index (κ1) is 25.4. The van der Waals surface area contributed by atoms with Crippen molar-refractivity contribution in [3.63, 3.8) is 0 Å². The fourth-order valence-corrected chi connectivity index (χ4v) is 4.18. The summed E-state index contributed by atoms with van der Waals surface area (Å²) >= 11 is 0. The Labute approximate surface area is 207 Å². The molecule has 0 radical (unpaired) electrons. The average Bonchev–Trinajstić information content (AvgIpc) is 3.58. The molecule has 0 amide bonds. The van der Waals surface area contributed by atoms with E-state index in [2.05, 4.69) is 18.7 Å². The number of aromatic nitrogens is 2. The van der Waals surface area contributed by atoms with Crippen molar-refractivity contribution in [3.05, 3.63) is 66.0 Å². The predicted molar refractivity (Wildman–Crippen MR) is 135 cm³/mol. The van der Waals surface area contributed by atoms with E-state index in [0.717, 1.165) is 23.4 Å². The van der Waals surface area contributed by atoms with Crippen LogP contribution in [-0.2, 0) is 18.3 Å². The van der Waals surface area contributed by atoms with Crippen molar-refractivity contribution in [2.75, 3.05) is 26.3 Å². The van der Waals surface area contributed by atoms with Crippen molar-refractivity contribution in [1.82, 2.24) is 14.7 Å². The van der Waals surface area contributed by atoms with Gasteiger partial charge in [-0.3, -0.25) is 4.90 Å². The highest BCUT2D eigenvalue weighted by Crippen LogP contribution is 2.36. The molecule has 0 aliphatic heterocycles. The zero-order valence-corrected chi connectivity index (χ0v) is 20.9. The van der Waals surface area contributed by atoms with Gasteiger partial charge in [0.2, 0.25) is 5.88 Å². The largest absolute Gasteiger partial charge is 0.439 e. The van der Waals surface area contributed by atoms with Crippen molar-refractivity contribution in [1.29, 1.82) is 0 Å². The van der Waals surface area contributed by atoms with Gasteiger partial charge >= 0.3 is 0 Å². The maximum absolute atomic E-state index is 13.8. The fourth-order valence-electron chi connectivity index (χ4n) is 4.18. The minimum atomic E-state index is -0.586. The number of benzene rings is 2. The fraction of sp³-hybridized carbons (Fsp3) is 0.464. The second-order valence-corrected chi connectivity index (χ2v) is 9.90. The van der Waals surface area contributed by atoms with Crippen LogP contribution in [0.1, 0.15) is 32.3 Å². The summed E-state index contributed by atoms with van der Waals surface area (Å²) in [7, 11) is 1.84. The van der Waals surface area contributed by atoms with Gasteiger partial charge in [-0.15, -0.1) is 0 Å². The van der Waals surface area contributed by atoms with Crippen LogP contribution >= 0.6 is 0 Å². The van der Waals surface area contributed by atoms with Crippen LogP contribution in [0.5, 0.6) is 11.6 Å². The monoisotopic (exact) mass is 481 g/mol. The van der Waals surface area contributed by atoms with Crippen LogP contribution < -0.4 is 4.74 Å². The van der Waals surface area contributed by atoms with E-state index in [0.29, 0.717) is 49.8 Å². The van der Waals surface area contributed by atoms with Gasteiger partial charge in [0.1, 0.15) is 17.3 Å². The summed E-state index contributed by atoms with van der Waals surface area (Å²) in [6.07, 6.45) is 1.83. The number of hydrogen-bond acceptors (Lipinski definition) is 5. The van der Waals surface area contributed by atoms with Crippen molar-refractivity contribution in [2.24, 2.45) is 18.9 Å². The van der Waals surface area contributed by atoms with E-state index < -0.39 is 6.10 Å². The van der Waals surface area contributed by atoms with Crippen molar-refractivity contribution < 1.29 is 19.0 Å². The van der Waals surface area contributed by atoms with Gasteiger partial charge in [-0.1, -0.05) is 50.2 Å². The Morgan fingerprint density at radius 3 is 2.57 bits per heavy atom. The first-order valence-electron chi connectivity index (χ1n) is 12.4. The lowest BCUT2D eigenvalue weighted by atomic mass is 10.1. The molecule has 1 saturated carbocycles. The van der Waals surface area contributed by atoms with Gasteiger partial charge in [0.05, 0.1) is 18.3 Å². The molecule has 0 saturated heterocycles. The normalized spacial score (nSPS) is 14.6. The number of rotatable bonds is 13. The Bertz CT molecular complexity index is 1080. The number of halogens is 1. The third-order valence-corrected chi connectivity index (χ3v) is 5.97. The molecule has 35 heavy (non-hydrogen) atoms. The second kappa shape index (κ2) is 11.8. The van der Waals surface area contributed by atoms with Gasteiger partial charge in [0.25, 0.3) is 0 Å². The smallest absolute Gasteiger partial charge is 0.222 e. The van der Waals surface area contributed by atoms with Gasteiger partial charge in [-0.2, -0.15) is 5.10 Å². The lowest BCUT2D eigenvalue weighted by Crippen LogP contribution is -2.36. The summed E-state index contributed by atoms with van der Waals surface area (Å²) in [4.78, 5) is 2.27. The van der Waals surface area contributed by atoms with Crippen molar-refractivity contribution in [2.45, 2.75) is 39.3 Å². The maximum Gasteiger partial charge on any atom is 0.222 e. The minimum Gasteiger partial charge on any atom is -0.439 e. The van der Waals surface area contributed by atoms with E-state index in [4.69, 9.17) is 14.6 Å². The Hall–Kier alpha value is -2.74. The molecule has 1 N–H and O–H groups in total. The highest BCUT2D eigenvalue weighted by Gasteiger charge is 2.28. The average molecular weight is 482 g/mol. The molecule has 1 aromatic heterocycles. The number of aliphatic hydroxyl groups excluding tert-OH is 1. The van der Waals surface area contributed by atoms with Gasteiger partial charge in [0.15, 0.2) is 0 Å². The van der Waals surface area contributed by atoms with Gasteiger partial charge in [-0.25, -0.2) is 9.07 Å². The van der Waals surface area contributed by atoms with Crippen LogP contribution in [0.3, 0.4) is 0 Å². The number of aliphatic hydroxyl groups is 1. The van der Waals surface area contributed by atoms with Crippen LogP contribution in [0.4, 0.5) is 4.39 Å². The summed E-state index contributed by atoms with van der Waals surface area (Å²) < 4.78 is 27.4. The first-order valence-corrected chi connectivity index (χ1v) is 12.4. The second-order valence-electron chi connectivity index (χ2n) is 9.90. The summed E-state index contributed by atoms with van der Waals surface area (Å²) in [5, 5.41) is 15.5. The summed E-state index contributed by atoms with van der Waals surface area (Å²) in [5.74, 6) is 1.71. The Kier molecular flexibility index (Phi) is 8.55. The molecule has 1 aliphatic rings. The molecule has 188 valence electrons. The van der Waals surface area contributed by atoms with Crippen LogP contribution in [0.2, 0.25) is 0 Å². The summed E-state index contributed by atoms with van der Waals surface area (Å²) in [6.45, 7) is 7.08. The lowest BCUT2D eigenvalue weighted by Gasteiger charge is -2.26. The number of ether oxygens (including phenoxy) is 2. The zero-order chi connectivity index (χ0) is 24.8. The van der Waals surface area contributed by atoms with Crippen molar-refractivity contribution >= 4 is 0 Å². The van der Waals surface area contributed by atoms with Crippen LogP contribution in [-0.4, -0.2) is 52.2 Å². The van der Waals surface area contributed by atoms with Gasteiger partial charge in [0, 0.05) is 44.9 Å². The van der Waals surface area contributed by atoms with E-state index >= 15 is 0 Å². The van der Waals surface area contributed by atoms with Crippen LogP contribution in [0.25, 0.3) is 11.3 Å². The van der Waals surface area contributed by atoms with E-state index in [9.17, 15) is 9.50 Å². The highest BCUT2D eigenvalue weighted by molar-refractivity contribution is 5.65. The molecule has 0 bridgehead atoms. The number of hydrogen-bond donors (Lipinski definition) is 1. The molecule has 1 heterocycles. The lowest BCUT2D eigenvalue weighted by molar-refractivity contribution is 0.00613. The molecule has 2 aromatic carbocycles. The van der Waals surface area contributed by atoms with Gasteiger partial charge < -0.3 is 14.6 Å². The Balaban J connectivity index is 1.61. The van der Waals surface area contributed by atoms with Crippen LogP contribution in [0.15, 0.2) is 54.6 Å². The van der Waals surface area contributed by atoms with Crippen LogP contribution in [0, 0.1) is 17.7 Å². The molecular weight excluding hydrogens is 445 g/mol. The minimum absolute atomic E-state index is 0.310. The summed E-state index contributed by atoms with van der Waals surface area (Å²) in [5.41, 5.74) is 2.73. The van der Waals surface area contributed by atoms with E-state index in [-0.39, 0.29) is 5.82 Å². The molecule has 0 spiro atoms. The molecular formula is C28H36FN3O3. The third kappa shape index (κ3) is 7.37. The van der Waals surface area contributed by atoms with E-state index in [1.807, 2.05) is 37.4 Å².